The van der Waals surface area contributed by atoms with Crippen LogP contribution < -0.4 is 10.5 Å². The molecule has 0 bridgehead atoms. The lowest BCUT2D eigenvalue weighted by molar-refractivity contribution is 0.308. The molecule has 4 nitrogen and oxygen atoms in total. The first-order valence-corrected chi connectivity index (χ1v) is 9.60. The summed E-state index contributed by atoms with van der Waals surface area (Å²) in [6.45, 7) is 0.744. The maximum Gasteiger partial charge on any atom is 0.150 e. The molecule has 3 unspecified atom stereocenters. The van der Waals surface area contributed by atoms with Crippen molar-refractivity contribution < 1.29 is 13.2 Å². The first-order valence-electron chi connectivity index (χ1n) is 7.65. The van der Waals surface area contributed by atoms with Gasteiger partial charge in [0.05, 0.1) is 11.9 Å². The minimum atomic E-state index is -2.96. The summed E-state index contributed by atoms with van der Waals surface area (Å²) in [4.78, 5) is 0. The third-order valence-corrected chi connectivity index (χ3v) is 6.52. The molecule has 1 fully saturated rings. The topological polar surface area (TPSA) is 69.4 Å². The van der Waals surface area contributed by atoms with E-state index in [2.05, 4.69) is 6.07 Å². The molecule has 0 amide bonds. The molecule has 5 heteroatoms. The van der Waals surface area contributed by atoms with Crippen molar-refractivity contribution in [3.63, 3.8) is 0 Å². The van der Waals surface area contributed by atoms with Crippen LogP contribution in [0.5, 0.6) is 5.75 Å². The molecular weight excluding hydrogens is 286 g/mol. The van der Waals surface area contributed by atoms with Crippen molar-refractivity contribution in [1.29, 1.82) is 0 Å². The number of benzene rings is 1. The second kappa shape index (κ2) is 5.61. The average molecular weight is 309 g/mol. The van der Waals surface area contributed by atoms with Crippen molar-refractivity contribution in [2.45, 2.75) is 43.4 Å². The number of sulfone groups is 1. The Hall–Kier alpha value is -1.07. The van der Waals surface area contributed by atoms with Crippen molar-refractivity contribution in [3.8, 4) is 5.75 Å². The largest absolute Gasteiger partial charge is 0.493 e. The van der Waals surface area contributed by atoms with Gasteiger partial charge in [-0.2, -0.15) is 0 Å². The van der Waals surface area contributed by atoms with E-state index in [0.29, 0.717) is 6.42 Å². The number of fused-ring (bicyclic) bond motifs is 1. The highest BCUT2D eigenvalue weighted by Crippen LogP contribution is 2.37. The fourth-order valence-corrected chi connectivity index (χ4v) is 4.77. The van der Waals surface area contributed by atoms with Gasteiger partial charge in [-0.15, -0.1) is 0 Å². The maximum atomic E-state index is 11.8. The van der Waals surface area contributed by atoms with Crippen molar-refractivity contribution in [1.82, 2.24) is 0 Å². The number of hydrogen-bond acceptors (Lipinski definition) is 4. The van der Waals surface area contributed by atoms with Gasteiger partial charge in [-0.3, -0.25) is 0 Å². The molecule has 2 aliphatic rings. The Morgan fingerprint density at radius 1 is 1.33 bits per heavy atom. The van der Waals surface area contributed by atoms with E-state index in [9.17, 15) is 8.42 Å². The molecule has 3 rings (SSSR count). The molecule has 3 atom stereocenters. The van der Waals surface area contributed by atoms with Gasteiger partial charge in [0.1, 0.15) is 15.6 Å². The third-order valence-electron chi connectivity index (χ3n) is 4.88. The number of rotatable bonds is 3. The lowest BCUT2D eigenvalue weighted by Gasteiger charge is -2.32. The highest BCUT2D eigenvalue weighted by atomic mass is 32.2. The van der Waals surface area contributed by atoms with Gasteiger partial charge < -0.3 is 10.5 Å². The first-order chi connectivity index (χ1) is 9.95. The van der Waals surface area contributed by atoms with Crippen LogP contribution in [0, 0.1) is 5.92 Å². The summed E-state index contributed by atoms with van der Waals surface area (Å²) in [7, 11) is -2.96. The lowest BCUT2D eigenvalue weighted by Crippen LogP contribution is -2.33. The molecule has 0 radical (unpaired) electrons. The summed E-state index contributed by atoms with van der Waals surface area (Å²) in [6, 6.07) is 6.07. The van der Waals surface area contributed by atoms with Gasteiger partial charge in [0.15, 0.2) is 0 Å². The molecule has 21 heavy (non-hydrogen) atoms. The molecule has 2 N–H and O–H groups in total. The van der Waals surface area contributed by atoms with E-state index < -0.39 is 9.84 Å². The van der Waals surface area contributed by atoms with Crippen molar-refractivity contribution >= 4 is 9.84 Å². The van der Waals surface area contributed by atoms with Gasteiger partial charge in [-0.1, -0.05) is 18.6 Å². The number of hydrogen-bond donors (Lipinski definition) is 1. The van der Waals surface area contributed by atoms with E-state index in [1.54, 1.807) is 0 Å². The Labute approximate surface area is 126 Å². The van der Waals surface area contributed by atoms with Crippen LogP contribution in [0.4, 0.5) is 0 Å². The van der Waals surface area contributed by atoms with E-state index in [-0.39, 0.29) is 17.2 Å². The summed E-state index contributed by atoms with van der Waals surface area (Å²) in [5, 5.41) is -0.222. The van der Waals surface area contributed by atoms with Crippen LogP contribution in [0.15, 0.2) is 18.2 Å². The Balaban J connectivity index is 1.77. The minimum absolute atomic E-state index is 0.0829. The number of nitrogens with two attached hydrogens (primary N) is 1. The van der Waals surface area contributed by atoms with Gasteiger partial charge in [0.25, 0.3) is 0 Å². The van der Waals surface area contributed by atoms with E-state index in [1.165, 1.54) is 11.8 Å². The summed E-state index contributed by atoms with van der Waals surface area (Å²) in [5.41, 5.74) is 8.76. The standard InChI is InChI=1S/C16H23NO3S/c1-21(18,19)14-4-2-3-12(10-14)16(17)13-5-6-15-11(9-13)7-8-20-15/h5-6,9,12,14,16H,2-4,7-8,10,17H2,1H3. The van der Waals surface area contributed by atoms with Gasteiger partial charge in [0, 0.05) is 18.7 Å². The quantitative estimate of drug-likeness (QED) is 0.929. The zero-order chi connectivity index (χ0) is 15.0. The molecule has 0 saturated heterocycles. The predicted octanol–water partition coefficient (Wildman–Crippen LogP) is 2.22. The Morgan fingerprint density at radius 2 is 2.14 bits per heavy atom. The highest BCUT2D eigenvalue weighted by molar-refractivity contribution is 7.91. The van der Waals surface area contributed by atoms with Crippen LogP contribution in [-0.2, 0) is 16.3 Å². The zero-order valence-corrected chi connectivity index (χ0v) is 13.2. The second-order valence-corrected chi connectivity index (χ2v) is 8.70. The van der Waals surface area contributed by atoms with E-state index in [4.69, 9.17) is 10.5 Å². The normalized spacial score (nSPS) is 27.0. The van der Waals surface area contributed by atoms with Crippen LogP contribution in [0.25, 0.3) is 0 Å². The average Bonchev–Trinajstić information content (AvgIpc) is 2.93. The molecule has 116 valence electrons. The van der Waals surface area contributed by atoms with Gasteiger partial charge in [0.2, 0.25) is 0 Å². The van der Waals surface area contributed by atoms with Gasteiger partial charge in [-0.25, -0.2) is 8.42 Å². The van der Waals surface area contributed by atoms with Gasteiger partial charge in [-0.05, 0) is 42.4 Å². The third kappa shape index (κ3) is 3.09. The van der Waals surface area contributed by atoms with E-state index in [0.717, 1.165) is 43.6 Å². The maximum absolute atomic E-state index is 11.8. The fraction of sp³-hybridized carbons (Fsp3) is 0.625. The van der Waals surface area contributed by atoms with E-state index in [1.807, 2.05) is 12.1 Å². The van der Waals surface area contributed by atoms with Crippen molar-refractivity contribution in [2.24, 2.45) is 11.7 Å². The predicted molar refractivity (Wildman–Crippen MR) is 83.2 cm³/mol. The monoisotopic (exact) mass is 309 g/mol. The van der Waals surface area contributed by atoms with Crippen molar-refractivity contribution in [3.05, 3.63) is 29.3 Å². The second-order valence-electron chi connectivity index (χ2n) is 6.37. The van der Waals surface area contributed by atoms with Gasteiger partial charge >= 0.3 is 0 Å². The first kappa shape index (κ1) is 14.9. The summed E-state index contributed by atoms with van der Waals surface area (Å²) in [5.74, 6) is 1.21. The molecule has 1 aliphatic heterocycles. The van der Waals surface area contributed by atoms with Crippen LogP contribution in [0.2, 0.25) is 0 Å². The SMILES string of the molecule is CS(=O)(=O)C1CCCC(C(N)c2ccc3c(c2)CCO3)C1. The molecule has 1 aliphatic carbocycles. The van der Waals surface area contributed by atoms with Crippen LogP contribution >= 0.6 is 0 Å². The molecule has 1 aromatic rings. The lowest BCUT2D eigenvalue weighted by atomic mass is 9.81. The van der Waals surface area contributed by atoms with Crippen LogP contribution in [0.3, 0.4) is 0 Å². The molecule has 0 spiro atoms. The Bertz CT molecular complexity index is 626. The summed E-state index contributed by atoms with van der Waals surface area (Å²) in [6.07, 6.45) is 5.71. The molecule has 1 heterocycles. The summed E-state index contributed by atoms with van der Waals surface area (Å²) >= 11 is 0. The Kier molecular flexibility index (Phi) is 3.97. The summed E-state index contributed by atoms with van der Waals surface area (Å²) < 4.78 is 29.1. The van der Waals surface area contributed by atoms with Crippen LogP contribution in [-0.4, -0.2) is 26.5 Å². The molecule has 1 saturated carbocycles. The van der Waals surface area contributed by atoms with Crippen molar-refractivity contribution in [2.75, 3.05) is 12.9 Å². The smallest absolute Gasteiger partial charge is 0.150 e. The molecule has 1 aromatic carbocycles. The Morgan fingerprint density at radius 3 is 2.90 bits per heavy atom. The molecular formula is C16H23NO3S. The van der Waals surface area contributed by atoms with E-state index >= 15 is 0 Å². The zero-order valence-electron chi connectivity index (χ0n) is 12.4. The fourth-order valence-electron chi connectivity index (χ4n) is 3.58. The highest BCUT2D eigenvalue weighted by Gasteiger charge is 2.32. The molecule has 0 aromatic heterocycles. The van der Waals surface area contributed by atoms with Crippen LogP contribution in [0.1, 0.15) is 42.9 Å². The number of ether oxygens (including phenoxy) is 1. The minimum Gasteiger partial charge on any atom is -0.493 e.